The Labute approximate surface area is 73.1 Å². The fourth-order valence-corrected chi connectivity index (χ4v) is 1.33. The molecular formula is C5H13IN2S. The lowest BCUT2D eigenvalue weighted by Gasteiger charge is -2.00. The molecule has 4 heteroatoms. The molecule has 0 saturated heterocycles. The molecule has 0 aliphatic carbocycles. The van der Waals surface area contributed by atoms with E-state index in [9.17, 15) is 0 Å². The SMILES string of the molecule is CNCCNCCSI. The molecule has 0 amide bonds. The number of rotatable bonds is 6. The largest absolute Gasteiger partial charge is 0.318 e. The van der Waals surface area contributed by atoms with Gasteiger partial charge in [0.2, 0.25) is 0 Å². The van der Waals surface area contributed by atoms with Crippen molar-refractivity contribution >= 4 is 30.1 Å². The Hall–Kier alpha value is 1.00. The van der Waals surface area contributed by atoms with E-state index in [4.69, 9.17) is 0 Å². The van der Waals surface area contributed by atoms with Crippen LogP contribution in [0, 0.1) is 0 Å². The van der Waals surface area contributed by atoms with Gasteiger partial charge in [0.15, 0.2) is 0 Å². The van der Waals surface area contributed by atoms with Gasteiger partial charge in [-0.15, -0.1) is 0 Å². The molecule has 0 radical (unpaired) electrons. The number of nitrogens with one attached hydrogen (secondary N) is 2. The van der Waals surface area contributed by atoms with Gasteiger partial charge in [0.25, 0.3) is 0 Å². The lowest BCUT2D eigenvalue weighted by molar-refractivity contribution is 0.675. The van der Waals surface area contributed by atoms with Crippen molar-refractivity contribution in [2.45, 2.75) is 0 Å². The van der Waals surface area contributed by atoms with E-state index < -0.39 is 0 Å². The Morgan fingerprint density at radius 3 is 2.67 bits per heavy atom. The Balaban J connectivity index is 2.60. The summed E-state index contributed by atoms with van der Waals surface area (Å²) < 4.78 is 0. The van der Waals surface area contributed by atoms with Crippen molar-refractivity contribution in [3.63, 3.8) is 0 Å². The first kappa shape index (κ1) is 10.0. The molecule has 0 saturated carbocycles. The molecule has 0 aromatic heterocycles. The molecule has 0 rings (SSSR count). The van der Waals surface area contributed by atoms with Crippen LogP contribution < -0.4 is 10.6 Å². The van der Waals surface area contributed by atoms with E-state index in [1.807, 2.05) is 16.0 Å². The van der Waals surface area contributed by atoms with Crippen molar-refractivity contribution in [3.8, 4) is 0 Å². The summed E-state index contributed by atoms with van der Waals surface area (Å²) in [5.41, 5.74) is 0. The highest BCUT2D eigenvalue weighted by molar-refractivity contribution is 14.2. The monoisotopic (exact) mass is 260 g/mol. The Kier molecular flexibility index (Phi) is 10.0. The second-order valence-corrected chi connectivity index (χ2v) is 4.16. The summed E-state index contributed by atoms with van der Waals surface area (Å²) >= 11 is 2.31. The minimum absolute atomic E-state index is 1.06. The summed E-state index contributed by atoms with van der Waals surface area (Å²) in [4.78, 5) is 0. The third-order valence-electron chi connectivity index (χ3n) is 0.908. The smallest absolute Gasteiger partial charge is 0.0159 e. The fourth-order valence-electron chi connectivity index (χ4n) is 0.449. The summed E-state index contributed by atoms with van der Waals surface area (Å²) in [6.45, 7) is 3.26. The lowest BCUT2D eigenvalue weighted by Crippen LogP contribution is -2.26. The third kappa shape index (κ3) is 9.00. The summed E-state index contributed by atoms with van der Waals surface area (Å²) in [6, 6.07) is 0. The first-order valence-electron chi connectivity index (χ1n) is 3.00. The second kappa shape index (κ2) is 9.00. The van der Waals surface area contributed by atoms with Gasteiger partial charge >= 0.3 is 0 Å². The van der Waals surface area contributed by atoms with E-state index in [0.29, 0.717) is 0 Å². The minimum Gasteiger partial charge on any atom is -0.318 e. The van der Waals surface area contributed by atoms with Crippen molar-refractivity contribution in [2.24, 2.45) is 0 Å². The van der Waals surface area contributed by atoms with Gasteiger partial charge in [-0.05, 0) is 28.3 Å². The van der Waals surface area contributed by atoms with E-state index in [-0.39, 0.29) is 0 Å². The standard InChI is InChI=1S/C5H13IN2S/c1-7-2-3-8-4-5-9-6/h7-8H,2-5H2,1H3. The molecule has 0 fully saturated rings. The summed E-state index contributed by atoms with van der Waals surface area (Å²) in [6.07, 6.45) is 0. The van der Waals surface area contributed by atoms with Gasteiger partial charge in [0.05, 0.1) is 0 Å². The maximum Gasteiger partial charge on any atom is 0.0159 e. The topological polar surface area (TPSA) is 24.1 Å². The van der Waals surface area contributed by atoms with Crippen molar-refractivity contribution in [1.82, 2.24) is 10.6 Å². The summed E-state index contributed by atoms with van der Waals surface area (Å²) in [7, 11) is 3.81. The normalized spacial score (nSPS) is 10.0. The quantitative estimate of drug-likeness (QED) is 0.547. The van der Waals surface area contributed by atoms with Crippen LogP contribution in [0.15, 0.2) is 0 Å². The molecule has 2 N–H and O–H groups in total. The van der Waals surface area contributed by atoms with Crippen molar-refractivity contribution < 1.29 is 0 Å². The first-order valence-corrected chi connectivity index (χ1v) is 6.53. The van der Waals surface area contributed by atoms with E-state index >= 15 is 0 Å². The van der Waals surface area contributed by atoms with Gasteiger partial charge < -0.3 is 10.6 Å². The molecule has 9 heavy (non-hydrogen) atoms. The molecule has 2 nitrogen and oxygen atoms in total. The van der Waals surface area contributed by atoms with Gasteiger partial charge in [-0.1, -0.05) is 8.93 Å². The Morgan fingerprint density at radius 1 is 1.33 bits per heavy atom. The van der Waals surface area contributed by atoms with Crippen LogP contribution in [0.2, 0.25) is 0 Å². The Bertz CT molecular complexity index is 48.2. The van der Waals surface area contributed by atoms with Gasteiger partial charge in [-0.3, -0.25) is 0 Å². The fraction of sp³-hybridized carbons (Fsp3) is 1.00. The van der Waals surface area contributed by atoms with Crippen molar-refractivity contribution in [1.29, 1.82) is 0 Å². The summed E-state index contributed by atoms with van der Waals surface area (Å²) in [5.74, 6) is 1.20. The van der Waals surface area contributed by atoms with Crippen LogP contribution in [0.3, 0.4) is 0 Å². The molecular weight excluding hydrogens is 247 g/mol. The van der Waals surface area contributed by atoms with Gasteiger partial charge in [-0.25, -0.2) is 0 Å². The predicted molar refractivity (Wildman–Crippen MR) is 53.3 cm³/mol. The minimum atomic E-state index is 1.06. The van der Waals surface area contributed by atoms with E-state index in [2.05, 4.69) is 31.8 Å². The number of likely N-dealkylation sites (N-methyl/N-ethyl adjacent to an activating group) is 1. The zero-order chi connectivity index (χ0) is 6.95. The predicted octanol–water partition coefficient (Wildman–Crippen LogP) is 0.879. The molecule has 0 aromatic carbocycles. The molecule has 0 aromatic rings. The first-order chi connectivity index (χ1) is 4.41. The van der Waals surface area contributed by atoms with Gasteiger partial charge in [0, 0.05) is 25.4 Å². The van der Waals surface area contributed by atoms with Crippen LogP contribution >= 0.6 is 30.1 Å². The van der Waals surface area contributed by atoms with Crippen LogP contribution in [0.1, 0.15) is 0 Å². The van der Waals surface area contributed by atoms with Crippen LogP contribution in [-0.4, -0.2) is 32.4 Å². The van der Waals surface area contributed by atoms with Crippen molar-refractivity contribution in [2.75, 3.05) is 32.4 Å². The molecule has 0 atom stereocenters. The average molecular weight is 260 g/mol. The molecule has 0 heterocycles. The number of hydrogen-bond donors (Lipinski definition) is 2. The molecule has 0 aliphatic heterocycles. The number of hydrogen-bond acceptors (Lipinski definition) is 3. The lowest BCUT2D eigenvalue weighted by atomic mass is 10.6. The van der Waals surface area contributed by atoms with Gasteiger partial charge in [0.1, 0.15) is 0 Å². The summed E-state index contributed by atoms with van der Waals surface area (Å²) in [5, 5.41) is 6.37. The van der Waals surface area contributed by atoms with E-state index in [1.54, 1.807) is 0 Å². The average Bonchev–Trinajstić information content (AvgIpc) is 1.89. The zero-order valence-corrected chi connectivity index (χ0v) is 8.59. The van der Waals surface area contributed by atoms with E-state index in [1.165, 1.54) is 5.75 Å². The van der Waals surface area contributed by atoms with Crippen LogP contribution in [0.4, 0.5) is 0 Å². The maximum atomic E-state index is 3.30. The van der Waals surface area contributed by atoms with Crippen LogP contribution in [-0.2, 0) is 0 Å². The molecule has 56 valence electrons. The molecule has 0 bridgehead atoms. The van der Waals surface area contributed by atoms with E-state index in [0.717, 1.165) is 19.6 Å². The number of halogens is 1. The molecule has 0 unspecified atom stereocenters. The molecule has 0 aliphatic rings. The van der Waals surface area contributed by atoms with Gasteiger partial charge in [-0.2, -0.15) is 0 Å². The Morgan fingerprint density at radius 2 is 2.11 bits per heavy atom. The van der Waals surface area contributed by atoms with Crippen LogP contribution in [0.5, 0.6) is 0 Å². The second-order valence-electron chi connectivity index (χ2n) is 1.67. The highest BCUT2D eigenvalue weighted by Crippen LogP contribution is 2.07. The zero-order valence-electron chi connectivity index (χ0n) is 5.61. The maximum absolute atomic E-state index is 3.30. The molecule has 0 spiro atoms. The third-order valence-corrected chi connectivity index (χ3v) is 2.59. The van der Waals surface area contributed by atoms with Crippen LogP contribution in [0.25, 0.3) is 0 Å². The highest BCUT2D eigenvalue weighted by atomic mass is 127. The van der Waals surface area contributed by atoms with Crippen molar-refractivity contribution in [3.05, 3.63) is 0 Å². The highest BCUT2D eigenvalue weighted by Gasteiger charge is 1.83.